The van der Waals surface area contributed by atoms with Crippen LogP contribution in [0.1, 0.15) is 11.3 Å². The van der Waals surface area contributed by atoms with Gasteiger partial charge in [-0.05, 0) is 25.3 Å². The van der Waals surface area contributed by atoms with Gasteiger partial charge in [-0.3, -0.25) is 0 Å². The Balaban J connectivity index is 2.68. The maximum Gasteiger partial charge on any atom is 0.146 e. The minimum absolute atomic E-state index is 0.459. The molecule has 2 N–H and O–H groups in total. The molecule has 2 aromatic rings. The van der Waals surface area contributed by atoms with E-state index in [0.717, 1.165) is 16.3 Å². The molecule has 0 radical (unpaired) electrons. The first-order chi connectivity index (χ1) is 8.17. The van der Waals surface area contributed by atoms with Crippen molar-refractivity contribution in [1.29, 1.82) is 5.26 Å². The third-order valence-corrected chi connectivity index (χ3v) is 3.25. The summed E-state index contributed by atoms with van der Waals surface area (Å²) in [4.78, 5) is 0.943. The third kappa shape index (κ3) is 1.99. The smallest absolute Gasteiger partial charge is 0.146 e. The molecular weight excluding hydrogens is 232 g/mol. The predicted molar refractivity (Wildman–Crippen MR) is 69.2 cm³/mol. The molecule has 0 saturated carbocycles. The summed E-state index contributed by atoms with van der Waals surface area (Å²) in [6, 6.07) is 9.73. The molecule has 0 bridgehead atoms. The largest absolute Gasteiger partial charge is 0.382 e. The Morgan fingerprint density at radius 2 is 2.24 bits per heavy atom. The number of nitrogens with two attached hydrogens (primary N) is 1. The zero-order chi connectivity index (χ0) is 12.4. The van der Waals surface area contributed by atoms with E-state index in [0.29, 0.717) is 11.4 Å². The fourth-order valence-electron chi connectivity index (χ4n) is 1.72. The Kier molecular flexibility index (Phi) is 3.07. The molecule has 17 heavy (non-hydrogen) atoms. The van der Waals surface area contributed by atoms with Crippen LogP contribution >= 0.6 is 11.8 Å². The van der Waals surface area contributed by atoms with Gasteiger partial charge in [0.05, 0.1) is 11.3 Å². The van der Waals surface area contributed by atoms with Gasteiger partial charge in [0.1, 0.15) is 11.9 Å². The van der Waals surface area contributed by atoms with Gasteiger partial charge in [-0.1, -0.05) is 6.07 Å². The van der Waals surface area contributed by atoms with Gasteiger partial charge < -0.3 is 5.73 Å². The van der Waals surface area contributed by atoms with Crippen molar-refractivity contribution in [2.75, 3.05) is 12.0 Å². The number of aryl methyl sites for hydroxylation is 1. The van der Waals surface area contributed by atoms with Crippen LogP contribution in [0.2, 0.25) is 0 Å². The zero-order valence-corrected chi connectivity index (χ0v) is 10.5. The van der Waals surface area contributed by atoms with Crippen molar-refractivity contribution in [3.05, 3.63) is 35.5 Å². The molecule has 0 aliphatic rings. The van der Waals surface area contributed by atoms with Gasteiger partial charge in [0.2, 0.25) is 0 Å². The van der Waals surface area contributed by atoms with Gasteiger partial charge in [0.25, 0.3) is 0 Å². The molecule has 0 atom stereocenters. The summed E-state index contributed by atoms with van der Waals surface area (Å²) >= 11 is 1.55. The van der Waals surface area contributed by atoms with Crippen LogP contribution in [0, 0.1) is 18.3 Å². The second kappa shape index (κ2) is 4.52. The van der Waals surface area contributed by atoms with Crippen LogP contribution in [0.25, 0.3) is 5.69 Å². The molecule has 0 aliphatic heterocycles. The number of aromatic nitrogens is 2. The first-order valence-corrected chi connectivity index (χ1v) is 6.29. The van der Waals surface area contributed by atoms with Crippen molar-refractivity contribution in [3.63, 3.8) is 0 Å². The van der Waals surface area contributed by atoms with Crippen molar-refractivity contribution in [2.24, 2.45) is 0 Å². The highest BCUT2D eigenvalue weighted by molar-refractivity contribution is 7.98. The molecule has 1 aromatic heterocycles. The van der Waals surface area contributed by atoms with Crippen molar-refractivity contribution in [2.45, 2.75) is 11.8 Å². The van der Waals surface area contributed by atoms with E-state index in [1.165, 1.54) is 0 Å². The van der Waals surface area contributed by atoms with Gasteiger partial charge in [-0.2, -0.15) is 10.4 Å². The van der Waals surface area contributed by atoms with Gasteiger partial charge >= 0.3 is 0 Å². The van der Waals surface area contributed by atoms with Gasteiger partial charge in [-0.25, -0.2) is 4.68 Å². The maximum atomic E-state index is 9.25. The van der Waals surface area contributed by atoms with Gasteiger partial charge in [-0.15, -0.1) is 11.8 Å². The second-order valence-electron chi connectivity index (χ2n) is 3.59. The van der Waals surface area contributed by atoms with Crippen LogP contribution in [-0.4, -0.2) is 16.0 Å². The second-order valence-corrected chi connectivity index (χ2v) is 4.44. The molecule has 0 aliphatic carbocycles. The first kappa shape index (κ1) is 11.6. The van der Waals surface area contributed by atoms with Crippen molar-refractivity contribution in [1.82, 2.24) is 9.78 Å². The topological polar surface area (TPSA) is 67.6 Å². The van der Waals surface area contributed by atoms with E-state index in [1.54, 1.807) is 22.5 Å². The van der Waals surface area contributed by atoms with E-state index < -0.39 is 0 Å². The summed E-state index contributed by atoms with van der Waals surface area (Å²) in [6.45, 7) is 1.91. The van der Waals surface area contributed by atoms with E-state index in [-0.39, 0.29) is 0 Å². The predicted octanol–water partition coefficient (Wildman–Crippen LogP) is 2.36. The SMILES string of the molecule is CSc1cccc(-n2nc(N)cc2C)c1C#N. The highest BCUT2D eigenvalue weighted by Crippen LogP contribution is 2.26. The highest BCUT2D eigenvalue weighted by atomic mass is 32.2. The highest BCUT2D eigenvalue weighted by Gasteiger charge is 2.12. The lowest BCUT2D eigenvalue weighted by Gasteiger charge is -2.09. The van der Waals surface area contributed by atoms with Crippen molar-refractivity contribution in [3.8, 4) is 11.8 Å². The van der Waals surface area contributed by atoms with Crippen LogP contribution in [0.15, 0.2) is 29.2 Å². The molecule has 86 valence electrons. The average Bonchev–Trinajstić information content (AvgIpc) is 2.67. The van der Waals surface area contributed by atoms with Crippen LogP contribution in [-0.2, 0) is 0 Å². The number of anilines is 1. The zero-order valence-electron chi connectivity index (χ0n) is 9.64. The molecular formula is C12H12N4S. The monoisotopic (exact) mass is 244 g/mol. The van der Waals surface area contributed by atoms with E-state index in [9.17, 15) is 5.26 Å². The maximum absolute atomic E-state index is 9.25. The van der Waals surface area contributed by atoms with Crippen molar-refractivity contribution < 1.29 is 0 Å². The molecule has 0 fully saturated rings. The Hall–Kier alpha value is -1.93. The molecule has 1 aromatic carbocycles. The fourth-order valence-corrected chi connectivity index (χ4v) is 2.29. The minimum atomic E-state index is 0.459. The minimum Gasteiger partial charge on any atom is -0.382 e. The van der Waals surface area contributed by atoms with E-state index in [4.69, 9.17) is 5.73 Å². The Bertz CT molecular complexity index is 595. The summed E-state index contributed by atoms with van der Waals surface area (Å²) in [5.74, 6) is 0.459. The van der Waals surface area contributed by atoms with E-state index in [1.807, 2.05) is 31.4 Å². The fraction of sp³-hybridized carbons (Fsp3) is 0.167. The van der Waals surface area contributed by atoms with E-state index in [2.05, 4.69) is 11.2 Å². The number of nitrogens with zero attached hydrogens (tertiary/aromatic N) is 3. The lowest BCUT2D eigenvalue weighted by molar-refractivity contribution is 0.845. The Morgan fingerprint density at radius 1 is 1.47 bits per heavy atom. The first-order valence-electron chi connectivity index (χ1n) is 5.07. The molecule has 4 nitrogen and oxygen atoms in total. The quantitative estimate of drug-likeness (QED) is 0.823. The normalized spacial score (nSPS) is 10.2. The molecule has 1 heterocycles. The number of hydrogen-bond donors (Lipinski definition) is 1. The van der Waals surface area contributed by atoms with Crippen LogP contribution in [0.3, 0.4) is 0 Å². The Morgan fingerprint density at radius 3 is 2.76 bits per heavy atom. The van der Waals surface area contributed by atoms with E-state index >= 15 is 0 Å². The molecule has 0 amide bonds. The molecule has 0 saturated heterocycles. The molecule has 2 rings (SSSR count). The number of thioether (sulfide) groups is 1. The summed E-state index contributed by atoms with van der Waals surface area (Å²) in [7, 11) is 0. The third-order valence-electron chi connectivity index (χ3n) is 2.47. The van der Waals surface area contributed by atoms with Crippen molar-refractivity contribution >= 4 is 17.6 Å². The number of rotatable bonds is 2. The summed E-state index contributed by atoms with van der Waals surface area (Å²) in [5.41, 5.74) is 7.98. The Labute approximate surface area is 104 Å². The van der Waals surface area contributed by atoms with Gasteiger partial charge in [0, 0.05) is 16.7 Å². The summed E-state index contributed by atoms with van der Waals surface area (Å²) in [6.07, 6.45) is 1.95. The average molecular weight is 244 g/mol. The molecule has 0 spiro atoms. The van der Waals surface area contributed by atoms with Crippen LogP contribution in [0.5, 0.6) is 0 Å². The number of nitrogen functional groups attached to an aromatic ring is 1. The summed E-state index contributed by atoms with van der Waals surface area (Å²) in [5, 5.41) is 13.5. The number of benzene rings is 1. The van der Waals surface area contributed by atoms with Crippen LogP contribution in [0.4, 0.5) is 5.82 Å². The number of hydrogen-bond acceptors (Lipinski definition) is 4. The van der Waals surface area contributed by atoms with Gasteiger partial charge in [0.15, 0.2) is 0 Å². The summed E-state index contributed by atoms with van der Waals surface area (Å²) < 4.78 is 1.70. The molecule has 0 unspecified atom stereocenters. The standard InChI is InChI=1S/C12H12N4S/c1-8-6-12(14)15-16(8)10-4-3-5-11(17-2)9(10)7-13/h3-6H,1-2H3,(H2,14,15). The molecule has 5 heteroatoms. The number of nitriles is 1. The van der Waals surface area contributed by atoms with Crippen LogP contribution < -0.4 is 5.73 Å². The lowest BCUT2D eigenvalue weighted by atomic mass is 10.2. The lowest BCUT2D eigenvalue weighted by Crippen LogP contribution is -2.03.